The first-order valence-electron chi connectivity index (χ1n) is 7.63. The number of nitrogens with zero attached hydrogens (tertiary/aromatic N) is 2. The maximum absolute atomic E-state index is 12.9. The van der Waals surface area contributed by atoms with E-state index in [1.165, 1.54) is 18.2 Å². The molecular weight excluding hydrogens is 418 g/mol. The zero-order valence-electron chi connectivity index (χ0n) is 13.7. The van der Waals surface area contributed by atoms with Crippen LogP contribution in [0.5, 0.6) is 5.75 Å². The van der Waals surface area contributed by atoms with Gasteiger partial charge in [0.25, 0.3) is 5.91 Å². The number of aliphatic imine (C=N–C) groups is 1. The van der Waals surface area contributed by atoms with Gasteiger partial charge >= 0.3 is 0 Å². The molecule has 1 aliphatic heterocycles. The summed E-state index contributed by atoms with van der Waals surface area (Å²) in [6.45, 7) is 0. The highest BCUT2D eigenvalue weighted by Gasteiger charge is 2.38. The predicted octanol–water partition coefficient (Wildman–Crippen LogP) is 3.22. The van der Waals surface area contributed by atoms with Crippen molar-refractivity contribution in [3.8, 4) is 5.75 Å². The molecule has 1 fully saturated rings. The molecule has 1 aliphatic rings. The fourth-order valence-electron chi connectivity index (χ4n) is 2.45. The lowest BCUT2D eigenvalue weighted by Gasteiger charge is -2.30. The molecule has 1 atom stereocenters. The third-order valence-electron chi connectivity index (χ3n) is 3.73. The van der Waals surface area contributed by atoms with Crippen LogP contribution in [-0.2, 0) is 9.59 Å². The van der Waals surface area contributed by atoms with E-state index in [4.69, 9.17) is 17.0 Å². The number of anilines is 1. The second-order valence-corrected chi connectivity index (χ2v) is 6.67. The Hall–Kier alpha value is -2.58. The molecule has 3 rings (SSSR count). The molecule has 132 valence electrons. The van der Waals surface area contributed by atoms with Gasteiger partial charge in [-0.3, -0.25) is 19.5 Å². The zero-order chi connectivity index (χ0) is 18.7. The van der Waals surface area contributed by atoms with Crippen LogP contribution < -0.4 is 15.0 Å². The summed E-state index contributed by atoms with van der Waals surface area (Å²) in [6.07, 6.45) is 1.31. The van der Waals surface area contributed by atoms with E-state index in [-0.39, 0.29) is 5.11 Å². The highest BCUT2D eigenvalue weighted by Crippen LogP contribution is 2.27. The van der Waals surface area contributed by atoms with E-state index in [1.807, 2.05) is 6.07 Å². The summed E-state index contributed by atoms with van der Waals surface area (Å²) in [7, 11) is 1.53. The van der Waals surface area contributed by atoms with Crippen LogP contribution in [0.2, 0.25) is 0 Å². The van der Waals surface area contributed by atoms with E-state index >= 15 is 0 Å². The molecule has 0 saturated carbocycles. The standard InChI is InChI=1S/C18H14BrN3O3S/c1-25-15-5-3-2-4-14(15)20-10-13-16(23)21-18(26)22(17(13)24)12-8-6-11(19)7-9-12/h2-10,13H,1H3,(H,21,23,26)/t13-/m1/s1. The molecule has 0 radical (unpaired) electrons. The Kier molecular flexibility index (Phi) is 5.43. The number of carbonyl (C=O) groups excluding carboxylic acids is 2. The summed E-state index contributed by atoms with van der Waals surface area (Å²) in [4.78, 5) is 30.6. The molecule has 1 saturated heterocycles. The van der Waals surface area contributed by atoms with Crippen LogP contribution in [0.1, 0.15) is 0 Å². The number of rotatable bonds is 4. The number of nitrogens with one attached hydrogen (secondary N) is 1. The summed E-state index contributed by atoms with van der Waals surface area (Å²) in [5.41, 5.74) is 1.10. The number of amides is 2. The van der Waals surface area contributed by atoms with Crippen LogP contribution in [-0.4, -0.2) is 30.3 Å². The molecule has 0 unspecified atom stereocenters. The van der Waals surface area contributed by atoms with Gasteiger partial charge in [0.2, 0.25) is 5.91 Å². The number of para-hydroxylation sites is 2. The minimum absolute atomic E-state index is 0.0456. The quantitative estimate of drug-likeness (QED) is 0.458. The number of ether oxygens (including phenoxy) is 1. The minimum atomic E-state index is -1.09. The third kappa shape index (κ3) is 3.66. The summed E-state index contributed by atoms with van der Waals surface area (Å²) < 4.78 is 6.09. The van der Waals surface area contributed by atoms with E-state index in [2.05, 4.69) is 26.2 Å². The van der Waals surface area contributed by atoms with Gasteiger partial charge in [0.1, 0.15) is 11.4 Å². The number of methoxy groups -OCH3 is 1. The van der Waals surface area contributed by atoms with E-state index in [9.17, 15) is 9.59 Å². The van der Waals surface area contributed by atoms with Gasteiger partial charge in [-0.05, 0) is 48.6 Å². The molecule has 2 aromatic rings. The van der Waals surface area contributed by atoms with Crippen molar-refractivity contribution in [3.05, 3.63) is 53.0 Å². The molecule has 0 aliphatic carbocycles. The Morgan fingerprint density at radius 2 is 1.88 bits per heavy atom. The summed E-state index contributed by atoms with van der Waals surface area (Å²) >= 11 is 8.51. The predicted molar refractivity (Wildman–Crippen MR) is 107 cm³/mol. The largest absolute Gasteiger partial charge is 0.494 e. The van der Waals surface area contributed by atoms with Gasteiger partial charge in [0.15, 0.2) is 11.0 Å². The third-order valence-corrected chi connectivity index (χ3v) is 4.55. The molecule has 8 heteroatoms. The topological polar surface area (TPSA) is 71.0 Å². The highest BCUT2D eigenvalue weighted by atomic mass is 79.9. The Labute approximate surface area is 164 Å². The second-order valence-electron chi connectivity index (χ2n) is 5.37. The Balaban J connectivity index is 1.90. The van der Waals surface area contributed by atoms with Crippen molar-refractivity contribution in [1.29, 1.82) is 0 Å². The maximum atomic E-state index is 12.9. The van der Waals surface area contributed by atoms with Gasteiger partial charge in [0, 0.05) is 10.7 Å². The monoisotopic (exact) mass is 431 g/mol. The van der Waals surface area contributed by atoms with Crippen molar-refractivity contribution in [3.63, 3.8) is 0 Å². The Morgan fingerprint density at radius 3 is 2.58 bits per heavy atom. The smallest absolute Gasteiger partial charge is 0.251 e. The lowest BCUT2D eigenvalue weighted by atomic mass is 10.1. The molecule has 1 heterocycles. The van der Waals surface area contributed by atoms with E-state index < -0.39 is 17.7 Å². The fraction of sp³-hybridized carbons (Fsp3) is 0.111. The van der Waals surface area contributed by atoms with Gasteiger partial charge < -0.3 is 10.1 Å². The summed E-state index contributed by atoms with van der Waals surface area (Å²) in [5, 5.41) is 2.60. The van der Waals surface area contributed by atoms with Crippen LogP contribution >= 0.6 is 28.1 Å². The molecule has 0 bridgehead atoms. The van der Waals surface area contributed by atoms with Gasteiger partial charge in [-0.2, -0.15) is 0 Å². The van der Waals surface area contributed by atoms with Crippen LogP contribution in [0.25, 0.3) is 0 Å². The lowest BCUT2D eigenvalue weighted by Crippen LogP contribution is -2.58. The molecule has 2 amide bonds. The molecule has 1 N–H and O–H groups in total. The molecule has 2 aromatic carbocycles. The SMILES string of the molecule is COc1ccccc1N=C[C@@H]1C(=O)NC(=S)N(c2ccc(Br)cc2)C1=O. The van der Waals surface area contributed by atoms with Crippen molar-refractivity contribution in [2.75, 3.05) is 12.0 Å². The minimum Gasteiger partial charge on any atom is -0.494 e. The average Bonchev–Trinajstić information content (AvgIpc) is 2.63. The van der Waals surface area contributed by atoms with Crippen LogP contribution in [0.4, 0.5) is 11.4 Å². The van der Waals surface area contributed by atoms with Crippen LogP contribution in [0, 0.1) is 5.92 Å². The number of hydrogen-bond acceptors (Lipinski definition) is 5. The number of carbonyl (C=O) groups is 2. The first-order chi connectivity index (χ1) is 12.5. The van der Waals surface area contributed by atoms with E-state index in [1.54, 1.807) is 42.5 Å². The van der Waals surface area contributed by atoms with Gasteiger partial charge in [-0.1, -0.05) is 28.1 Å². The van der Waals surface area contributed by atoms with Gasteiger partial charge in [-0.25, -0.2) is 0 Å². The zero-order valence-corrected chi connectivity index (χ0v) is 16.1. The molecule has 26 heavy (non-hydrogen) atoms. The van der Waals surface area contributed by atoms with Crippen LogP contribution in [0.3, 0.4) is 0 Å². The van der Waals surface area contributed by atoms with Gasteiger partial charge in [-0.15, -0.1) is 0 Å². The number of thiocarbonyl (C=S) groups is 1. The Morgan fingerprint density at radius 1 is 1.19 bits per heavy atom. The fourth-order valence-corrected chi connectivity index (χ4v) is 3.01. The molecular formula is C18H14BrN3O3S. The van der Waals surface area contributed by atoms with Crippen molar-refractivity contribution in [1.82, 2.24) is 5.32 Å². The number of benzene rings is 2. The number of hydrogen-bond donors (Lipinski definition) is 1. The van der Waals surface area contributed by atoms with Crippen molar-refractivity contribution < 1.29 is 14.3 Å². The van der Waals surface area contributed by atoms with Crippen LogP contribution in [0.15, 0.2) is 58.0 Å². The first-order valence-corrected chi connectivity index (χ1v) is 8.83. The van der Waals surface area contributed by atoms with Crippen molar-refractivity contribution in [2.45, 2.75) is 0 Å². The first kappa shape index (κ1) is 18.2. The number of halogens is 1. The molecule has 6 nitrogen and oxygen atoms in total. The normalized spacial score (nSPS) is 17.5. The summed E-state index contributed by atoms with van der Waals surface area (Å²) in [5.74, 6) is -1.50. The highest BCUT2D eigenvalue weighted by molar-refractivity contribution is 9.10. The van der Waals surface area contributed by atoms with Crippen molar-refractivity contribution >= 4 is 62.7 Å². The van der Waals surface area contributed by atoms with E-state index in [0.29, 0.717) is 17.1 Å². The Bertz CT molecular complexity index is 899. The summed E-state index contributed by atoms with van der Waals surface area (Å²) in [6, 6.07) is 14.1. The van der Waals surface area contributed by atoms with Crippen molar-refractivity contribution in [2.24, 2.45) is 10.9 Å². The average molecular weight is 432 g/mol. The second kappa shape index (κ2) is 7.76. The van der Waals surface area contributed by atoms with Gasteiger partial charge in [0.05, 0.1) is 12.8 Å². The lowest BCUT2D eigenvalue weighted by molar-refractivity contribution is -0.130. The maximum Gasteiger partial charge on any atom is 0.251 e. The molecule has 0 aromatic heterocycles. The molecule has 0 spiro atoms. The van der Waals surface area contributed by atoms with E-state index in [0.717, 1.165) is 4.47 Å².